The molecule has 0 saturated carbocycles. The van der Waals surface area contributed by atoms with Crippen molar-refractivity contribution in [1.82, 2.24) is 9.97 Å². The Bertz CT molecular complexity index is 833. The number of nitrogens with one attached hydrogen (secondary N) is 1. The average molecular weight is 424 g/mol. The van der Waals surface area contributed by atoms with Gasteiger partial charge in [0.15, 0.2) is 5.54 Å². The van der Waals surface area contributed by atoms with Gasteiger partial charge in [0, 0.05) is 16.7 Å². The number of nitrogens with zero attached hydrogens (tertiary/aromatic N) is 3. The largest absolute Gasteiger partial charge is 0.419 e. The molecule has 0 radical (unpaired) electrons. The van der Waals surface area contributed by atoms with E-state index in [0.717, 1.165) is 4.47 Å². The number of pyridine rings is 2. The van der Waals surface area contributed by atoms with Crippen LogP contribution in [0.15, 0.2) is 46.0 Å². The molecule has 2 aromatic rings. The van der Waals surface area contributed by atoms with Gasteiger partial charge in [-0.15, -0.1) is 0 Å². The highest BCUT2D eigenvalue weighted by atomic mass is 79.9. The smallest absolute Gasteiger partial charge is 0.391 e. The van der Waals surface area contributed by atoms with Gasteiger partial charge in [0.2, 0.25) is 5.88 Å². The third-order valence-electron chi connectivity index (χ3n) is 3.52. The number of aliphatic imine (C=N–C) groups is 1. The highest BCUT2D eigenvalue weighted by Crippen LogP contribution is 2.29. The SMILES string of the molecule is NC1=NC(CF)(c2cccc(NC(=O)Oc3ccc(Br)cn3)n2)COC1. The minimum atomic E-state index is -1.32. The summed E-state index contributed by atoms with van der Waals surface area (Å²) >= 11 is 3.24. The van der Waals surface area contributed by atoms with Gasteiger partial charge in [-0.25, -0.2) is 19.2 Å². The normalized spacial score (nSPS) is 19.5. The van der Waals surface area contributed by atoms with E-state index in [4.69, 9.17) is 15.2 Å². The second kappa shape index (κ2) is 7.75. The van der Waals surface area contributed by atoms with E-state index in [0.29, 0.717) is 5.69 Å². The molecule has 26 heavy (non-hydrogen) atoms. The van der Waals surface area contributed by atoms with Crippen molar-refractivity contribution < 1.29 is 18.7 Å². The fourth-order valence-corrected chi connectivity index (χ4v) is 2.58. The van der Waals surface area contributed by atoms with Gasteiger partial charge in [-0.05, 0) is 34.1 Å². The zero-order valence-electron chi connectivity index (χ0n) is 13.5. The molecule has 3 N–H and O–H groups in total. The van der Waals surface area contributed by atoms with Crippen LogP contribution < -0.4 is 15.8 Å². The molecule has 1 amide bonds. The predicted molar refractivity (Wildman–Crippen MR) is 95.9 cm³/mol. The third kappa shape index (κ3) is 4.14. The minimum Gasteiger partial charge on any atom is -0.391 e. The standard InChI is InChI=1S/C16H15BrFN5O3/c17-10-4-5-14(20-6-10)26-15(24)22-13-3-1-2-11(21-13)16(8-18)9-25-7-12(19)23-16/h1-6H,7-9H2,(H2,19,23)(H,21,22,24). The number of alkyl halides is 1. The van der Waals surface area contributed by atoms with Crippen molar-refractivity contribution in [2.24, 2.45) is 10.7 Å². The summed E-state index contributed by atoms with van der Waals surface area (Å²) in [5.41, 5.74) is 4.64. The molecule has 1 unspecified atom stereocenters. The topological polar surface area (TPSA) is 112 Å². The van der Waals surface area contributed by atoms with Crippen molar-refractivity contribution in [2.75, 3.05) is 25.2 Å². The predicted octanol–water partition coefficient (Wildman–Crippen LogP) is 2.40. The lowest BCUT2D eigenvalue weighted by atomic mass is 9.97. The molecule has 0 aromatic carbocycles. The second-order valence-corrected chi connectivity index (χ2v) is 6.41. The van der Waals surface area contributed by atoms with Crippen LogP contribution in [0.5, 0.6) is 5.88 Å². The van der Waals surface area contributed by atoms with Gasteiger partial charge in [-0.1, -0.05) is 6.07 Å². The zero-order valence-corrected chi connectivity index (χ0v) is 15.1. The number of carbonyl (C=O) groups is 1. The number of amidine groups is 1. The van der Waals surface area contributed by atoms with E-state index in [1.165, 1.54) is 12.3 Å². The van der Waals surface area contributed by atoms with Gasteiger partial charge in [0.05, 0.1) is 12.3 Å². The Kier molecular flexibility index (Phi) is 5.43. The Morgan fingerprint density at radius 3 is 2.96 bits per heavy atom. The lowest BCUT2D eigenvalue weighted by molar-refractivity contribution is 0.0807. The number of halogens is 2. The molecule has 2 aromatic heterocycles. The van der Waals surface area contributed by atoms with Gasteiger partial charge in [-0.3, -0.25) is 10.3 Å². The molecule has 1 aliphatic rings. The molecule has 0 bridgehead atoms. The van der Waals surface area contributed by atoms with Crippen LogP contribution in [-0.4, -0.2) is 41.8 Å². The van der Waals surface area contributed by atoms with E-state index < -0.39 is 18.3 Å². The van der Waals surface area contributed by atoms with Crippen molar-refractivity contribution in [3.05, 3.63) is 46.7 Å². The van der Waals surface area contributed by atoms with Crippen molar-refractivity contribution in [3.63, 3.8) is 0 Å². The van der Waals surface area contributed by atoms with E-state index in [1.807, 2.05) is 0 Å². The van der Waals surface area contributed by atoms with Crippen molar-refractivity contribution in [1.29, 1.82) is 0 Å². The number of aromatic nitrogens is 2. The monoisotopic (exact) mass is 423 g/mol. The van der Waals surface area contributed by atoms with Crippen LogP contribution in [0.3, 0.4) is 0 Å². The van der Waals surface area contributed by atoms with E-state index in [2.05, 4.69) is 36.2 Å². The summed E-state index contributed by atoms with van der Waals surface area (Å²) < 4.78 is 24.8. The maximum absolute atomic E-state index is 13.7. The quantitative estimate of drug-likeness (QED) is 0.780. The number of carbonyl (C=O) groups excluding carboxylic acids is 1. The summed E-state index contributed by atoms with van der Waals surface area (Å²) in [5, 5.41) is 2.47. The number of anilines is 1. The molecule has 1 atom stereocenters. The highest BCUT2D eigenvalue weighted by Gasteiger charge is 2.37. The minimum absolute atomic E-state index is 0.00785. The first-order chi connectivity index (χ1) is 12.5. The fraction of sp³-hybridized carbons (Fsp3) is 0.250. The van der Waals surface area contributed by atoms with Crippen LogP contribution in [0.4, 0.5) is 15.0 Å². The van der Waals surface area contributed by atoms with Crippen molar-refractivity contribution in [3.8, 4) is 5.88 Å². The molecule has 8 nitrogen and oxygen atoms in total. The van der Waals surface area contributed by atoms with E-state index >= 15 is 0 Å². The Morgan fingerprint density at radius 2 is 2.27 bits per heavy atom. The lowest BCUT2D eigenvalue weighted by Gasteiger charge is -2.30. The molecule has 136 valence electrons. The maximum atomic E-state index is 13.7. The molecule has 3 heterocycles. The first kappa shape index (κ1) is 18.2. The molecular formula is C16H15BrFN5O3. The summed E-state index contributed by atoms with van der Waals surface area (Å²) in [6, 6.07) is 7.97. The maximum Gasteiger partial charge on any atom is 0.419 e. The van der Waals surface area contributed by atoms with E-state index in [9.17, 15) is 9.18 Å². The average Bonchev–Trinajstić information content (AvgIpc) is 2.63. The summed E-state index contributed by atoms with van der Waals surface area (Å²) in [6.07, 6.45) is 0.722. The zero-order chi connectivity index (χ0) is 18.6. The van der Waals surface area contributed by atoms with Crippen LogP contribution >= 0.6 is 15.9 Å². The molecule has 0 spiro atoms. The summed E-state index contributed by atoms with van der Waals surface area (Å²) in [6.45, 7) is -0.683. The van der Waals surface area contributed by atoms with Crippen LogP contribution in [0.2, 0.25) is 0 Å². The molecule has 0 saturated heterocycles. The number of hydrogen-bond acceptors (Lipinski definition) is 7. The number of ether oxygens (including phenoxy) is 2. The molecule has 10 heteroatoms. The highest BCUT2D eigenvalue weighted by molar-refractivity contribution is 9.10. The summed E-state index contributed by atoms with van der Waals surface area (Å²) in [7, 11) is 0. The Labute approximate surface area is 156 Å². The molecular weight excluding hydrogens is 409 g/mol. The van der Waals surface area contributed by atoms with E-state index in [1.54, 1.807) is 24.3 Å². The molecule has 1 aliphatic heterocycles. The number of amides is 1. The second-order valence-electron chi connectivity index (χ2n) is 5.50. The number of nitrogens with two attached hydrogens (primary N) is 1. The Hall–Kier alpha value is -2.59. The van der Waals surface area contributed by atoms with Gasteiger partial charge < -0.3 is 15.2 Å². The Morgan fingerprint density at radius 1 is 1.42 bits per heavy atom. The van der Waals surface area contributed by atoms with E-state index in [-0.39, 0.29) is 30.7 Å². The Balaban J connectivity index is 1.75. The van der Waals surface area contributed by atoms with Crippen molar-refractivity contribution >= 4 is 33.7 Å². The first-order valence-corrected chi connectivity index (χ1v) is 8.36. The molecule has 3 rings (SSSR count). The van der Waals surface area contributed by atoms with Crippen LogP contribution in [0.25, 0.3) is 0 Å². The van der Waals surface area contributed by atoms with Gasteiger partial charge in [-0.2, -0.15) is 0 Å². The lowest BCUT2D eigenvalue weighted by Crippen LogP contribution is -2.42. The van der Waals surface area contributed by atoms with Gasteiger partial charge >= 0.3 is 6.09 Å². The van der Waals surface area contributed by atoms with Gasteiger partial charge in [0.25, 0.3) is 0 Å². The van der Waals surface area contributed by atoms with Crippen LogP contribution in [0, 0.1) is 0 Å². The van der Waals surface area contributed by atoms with Crippen molar-refractivity contribution in [2.45, 2.75) is 5.54 Å². The van der Waals surface area contributed by atoms with Crippen LogP contribution in [-0.2, 0) is 10.3 Å². The van der Waals surface area contributed by atoms with Gasteiger partial charge in [0.1, 0.15) is 24.9 Å². The molecule has 0 aliphatic carbocycles. The van der Waals surface area contributed by atoms with Crippen LogP contribution in [0.1, 0.15) is 5.69 Å². The third-order valence-corrected chi connectivity index (χ3v) is 3.99. The summed E-state index contributed by atoms with van der Waals surface area (Å²) in [4.78, 5) is 24.3. The summed E-state index contributed by atoms with van der Waals surface area (Å²) in [5.74, 6) is 0.492. The number of rotatable bonds is 4. The first-order valence-electron chi connectivity index (χ1n) is 7.56. The fourth-order valence-electron chi connectivity index (χ4n) is 2.34. The molecule has 0 fully saturated rings. The number of hydrogen-bond donors (Lipinski definition) is 2.